The van der Waals surface area contributed by atoms with E-state index in [1.807, 2.05) is 62.6 Å². The molecular weight excluding hydrogens is 781 g/mol. The van der Waals surface area contributed by atoms with E-state index in [2.05, 4.69) is 61.6 Å². The van der Waals surface area contributed by atoms with E-state index in [4.69, 9.17) is 30.0 Å². The first-order valence-electron chi connectivity index (χ1n) is 21.5. The van der Waals surface area contributed by atoms with Gasteiger partial charge in [-0.2, -0.15) is 10.5 Å². The Morgan fingerprint density at radius 1 is 0.581 bits per heavy atom. The van der Waals surface area contributed by atoms with Gasteiger partial charge < -0.3 is 29.1 Å². The van der Waals surface area contributed by atoms with Crippen molar-refractivity contribution >= 4 is 45.3 Å². The highest BCUT2D eigenvalue weighted by atomic mass is 16.5. The van der Waals surface area contributed by atoms with E-state index in [9.17, 15) is 0 Å². The number of ether oxygens (including phenoxy) is 2. The molecule has 62 heavy (non-hydrogen) atoms. The molecule has 4 fully saturated rings. The quantitative estimate of drug-likeness (QED) is 0.160. The fraction of sp³-hybridized carbons (Fsp3) is 0.435. The lowest BCUT2D eigenvalue weighted by Crippen LogP contribution is -2.47. The van der Waals surface area contributed by atoms with Gasteiger partial charge in [-0.25, -0.2) is 29.9 Å². The Morgan fingerprint density at radius 3 is 1.61 bits per heavy atom. The molecule has 0 saturated carbocycles. The molecule has 0 unspecified atom stereocenters. The molecule has 0 atom stereocenters. The van der Waals surface area contributed by atoms with Crippen LogP contribution in [0.1, 0.15) is 62.8 Å². The largest absolute Gasteiger partial charge is 0.497 e. The van der Waals surface area contributed by atoms with E-state index in [0.29, 0.717) is 11.8 Å². The van der Waals surface area contributed by atoms with E-state index in [1.165, 1.54) is 0 Å². The lowest BCUT2D eigenvalue weighted by atomic mass is 9.94. The maximum Gasteiger partial charge on any atom is 0.225 e. The van der Waals surface area contributed by atoms with E-state index >= 15 is 0 Å². The fourth-order valence-electron chi connectivity index (χ4n) is 8.45. The molecule has 0 N–H and O–H groups in total. The lowest BCUT2D eigenvalue weighted by molar-refractivity contribution is 0.415. The number of hydrogen-bond acceptors (Lipinski definition) is 16. The smallest absolute Gasteiger partial charge is 0.225 e. The molecule has 4 aliphatic rings. The van der Waals surface area contributed by atoms with Crippen molar-refractivity contribution in [1.82, 2.24) is 39.9 Å². The van der Waals surface area contributed by atoms with Crippen LogP contribution in [-0.2, 0) is 0 Å². The molecule has 16 nitrogen and oxygen atoms in total. The first-order valence-corrected chi connectivity index (χ1v) is 21.5. The number of hydrogen-bond donors (Lipinski definition) is 0. The second-order valence-electron chi connectivity index (χ2n) is 15.7. The van der Waals surface area contributed by atoms with E-state index in [-0.39, 0.29) is 11.8 Å². The lowest BCUT2D eigenvalue weighted by Gasteiger charge is -2.40. The summed E-state index contributed by atoms with van der Waals surface area (Å²) in [6.45, 7) is 10.7. The molecule has 0 amide bonds. The SMILES string of the molecule is CC.COc1ccc2nc(N3CC(c4nccnc4N4CCC(C#N)CC4)C3)ncc2c1.COc1cccc2nc(N3CC(c4nccnc4N4CCC(C#N)CC4)C3)ncc12. The standard InChI is InChI=1S/2C22H23N7O.C2H6/c1-30-18-2-3-19-16(10-18)12-26-22(27-19)29-13-17(14-29)20-21(25-7-6-24-20)28-8-4-15(11-23)5-9-28;1-30-19-4-2-3-18-17(19)12-26-22(27-18)29-13-16(14-29)20-21(25-8-7-24-20)28-9-5-15(11-23)6-10-28;1-2/h2-3,6-7,10,12,15,17H,4-5,8-9,13-14H2,1H3;2-4,7-8,12,15-16H,5-6,9-10,13-14H2,1H3;1-2H3. The second-order valence-corrected chi connectivity index (χ2v) is 15.7. The number of nitriles is 2. The number of anilines is 4. The van der Waals surface area contributed by atoms with Gasteiger partial charge in [-0.3, -0.25) is 9.97 Å². The van der Waals surface area contributed by atoms with Crippen LogP contribution in [0.5, 0.6) is 11.5 Å². The van der Waals surface area contributed by atoms with Crippen LogP contribution in [0.15, 0.2) is 73.6 Å². The van der Waals surface area contributed by atoms with E-state index in [0.717, 1.165) is 146 Å². The zero-order valence-electron chi connectivity index (χ0n) is 35.8. The van der Waals surface area contributed by atoms with Crippen LogP contribution >= 0.6 is 0 Å². The Labute approximate surface area is 362 Å². The van der Waals surface area contributed by atoms with Crippen molar-refractivity contribution in [3.8, 4) is 23.6 Å². The monoisotopic (exact) mass is 832 g/mol. The number of methoxy groups -OCH3 is 2. The van der Waals surface area contributed by atoms with Gasteiger partial charge in [0.1, 0.15) is 11.5 Å². The predicted octanol–water partition coefficient (Wildman–Crippen LogP) is 6.57. The molecule has 0 bridgehead atoms. The molecule has 6 aromatic rings. The summed E-state index contributed by atoms with van der Waals surface area (Å²) >= 11 is 0. The van der Waals surface area contributed by atoms with Crippen molar-refractivity contribution in [3.63, 3.8) is 0 Å². The Bertz CT molecular complexity index is 2550. The van der Waals surface area contributed by atoms with Crippen molar-refractivity contribution in [1.29, 1.82) is 10.5 Å². The number of rotatable bonds is 8. The van der Waals surface area contributed by atoms with Crippen molar-refractivity contribution < 1.29 is 9.47 Å². The Morgan fingerprint density at radius 2 is 1.10 bits per heavy atom. The molecule has 4 aliphatic heterocycles. The third-order valence-electron chi connectivity index (χ3n) is 12.0. The highest BCUT2D eigenvalue weighted by molar-refractivity contribution is 5.85. The summed E-state index contributed by atoms with van der Waals surface area (Å²) in [5.74, 6) is 5.89. The first kappa shape index (κ1) is 41.8. The van der Waals surface area contributed by atoms with Crippen LogP contribution in [0.3, 0.4) is 0 Å². The number of fused-ring (bicyclic) bond motifs is 2. The molecule has 4 saturated heterocycles. The summed E-state index contributed by atoms with van der Waals surface area (Å²) < 4.78 is 10.7. The van der Waals surface area contributed by atoms with E-state index in [1.54, 1.807) is 39.0 Å². The van der Waals surface area contributed by atoms with Crippen LogP contribution < -0.4 is 29.1 Å². The zero-order valence-corrected chi connectivity index (χ0v) is 35.8. The minimum absolute atomic E-state index is 0.157. The molecule has 2 aromatic carbocycles. The Balaban J connectivity index is 0.000000164. The van der Waals surface area contributed by atoms with Crippen molar-refractivity contribution in [3.05, 3.63) is 85.0 Å². The summed E-state index contributed by atoms with van der Waals surface area (Å²) in [6.07, 6.45) is 14.3. The van der Waals surface area contributed by atoms with Crippen molar-refractivity contribution in [2.24, 2.45) is 11.8 Å². The van der Waals surface area contributed by atoms with Gasteiger partial charge >= 0.3 is 0 Å². The van der Waals surface area contributed by atoms with Crippen molar-refractivity contribution in [2.75, 3.05) is 86.2 Å². The predicted molar refractivity (Wildman–Crippen MR) is 239 cm³/mol. The van der Waals surface area contributed by atoms with Gasteiger partial charge in [-0.1, -0.05) is 19.9 Å². The molecule has 16 heteroatoms. The highest BCUT2D eigenvalue weighted by Crippen LogP contribution is 2.37. The van der Waals surface area contributed by atoms with Crippen LogP contribution in [0.2, 0.25) is 0 Å². The number of piperidine rings is 2. The average molecular weight is 833 g/mol. The Kier molecular flexibility index (Phi) is 12.9. The van der Waals surface area contributed by atoms with Crippen LogP contribution in [0.4, 0.5) is 23.5 Å². The number of benzene rings is 2. The van der Waals surface area contributed by atoms with Crippen LogP contribution in [-0.4, -0.2) is 106 Å². The molecule has 0 spiro atoms. The summed E-state index contributed by atoms with van der Waals surface area (Å²) in [5, 5.41) is 20.2. The summed E-state index contributed by atoms with van der Waals surface area (Å²) in [6, 6.07) is 16.4. The van der Waals surface area contributed by atoms with Gasteiger partial charge in [0.15, 0.2) is 11.6 Å². The third-order valence-corrected chi connectivity index (χ3v) is 12.0. The Hall–Kier alpha value is -6.94. The third kappa shape index (κ3) is 8.77. The zero-order chi connectivity index (χ0) is 43.0. The molecular formula is C46H52N14O2. The molecule has 0 aliphatic carbocycles. The first-order chi connectivity index (χ1) is 30.5. The van der Waals surface area contributed by atoms with Gasteiger partial charge in [0, 0.05) is 119 Å². The maximum atomic E-state index is 9.15. The summed E-state index contributed by atoms with van der Waals surface area (Å²) in [7, 11) is 3.31. The molecule has 8 heterocycles. The molecule has 0 radical (unpaired) electrons. The van der Waals surface area contributed by atoms with Crippen molar-refractivity contribution in [2.45, 2.75) is 51.4 Å². The van der Waals surface area contributed by atoms with Gasteiger partial charge in [0.25, 0.3) is 0 Å². The van der Waals surface area contributed by atoms with Gasteiger partial charge in [-0.15, -0.1) is 0 Å². The molecule has 318 valence electrons. The number of aromatic nitrogens is 8. The average Bonchev–Trinajstić information content (AvgIpc) is 3.31. The maximum absolute atomic E-state index is 9.15. The summed E-state index contributed by atoms with van der Waals surface area (Å²) in [5.41, 5.74) is 3.86. The molecule has 4 aromatic heterocycles. The second kappa shape index (κ2) is 19.2. The fourth-order valence-corrected chi connectivity index (χ4v) is 8.45. The van der Waals surface area contributed by atoms with E-state index < -0.39 is 0 Å². The van der Waals surface area contributed by atoms with Gasteiger partial charge in [0.2, 0.25) is 11.9 Å². The van der Waals surface area contributed by atoms with Crippen LogP contribution in [0.25, 0.3) is 21.8 Å². The van der Waals surface area contributed by atoms with Crippen LogP contribution in [0, 0.1) is 34.5 Å². The normalized spacial score (nSPS) is 17.1. The minimum Gasteiger partial charge on any atom is -0.497 e. The minimum atomic E-state index is 0.157. The molecule has 10 rings (SSSR count). The van der Waals surface area contributed by atoms with Gasteiger partial charge in [0.05, 0.1) is 54.2 Å². The topological polar surface area (TPSA) is 182 Å². The summed E-state index contributed by atoms with van der Waals surface area (Å²) in [4.78, 5) is 46.0. The number of nitrogens with zero attached hydrogens (tertiary/aromatic N) is 14. The van der Waals surface area contributed by atoms with Gasteiger partial charge in [-0.05, 0) is 56.0 Å². The highest BCUT2D eigenvalue weighted by Gasteiger charge is 2.36.